The third-order valence-electron chi connectivity index (χ3n) is 2.49. The summed E-state index contributed by atoms with van der Waals surface area (Å²) in [6.45, 7) is 3.53. The van der Waals surface area contributed by atoms with Crippen LogP contribution in [0.15, 0.2) is 18.2 Å². The molecule has 0 heterocycles. The van der Waals surface area contributed by atoms with E-state index in [4.69, 9.17) is 5.11 Å². The molecule has 0 amide bonds. The SMILES string of the molecule is CC(C)c1ccc(NS(=O)(=O)C(F)(F)F)c(C(=O)O)c1. The second kappa shape index (κ2) is 5.31. The van der Waals surface area contributed by atoms with Crippen molar-refractivity contribution in [2.75, 3.05) is 4.72 Å². The minimum Gasteiger partial charge on any atom is -0.478 e. The van der Waals surface area contributed by atoms with E-state index in [1.807, 2.05) is 0 Å². The molecule has 0 radical (unpaired) electrons. The van der Waals surface area contributed by atoms with Gasteiger partial charge in [0.1, 0.15) is 0 Å². The number of hydrogen-bond acceptors (Lipinski definition) is 3. The van der Waals surface area contributed by atoms with Gasteiger partial charge in [0.25, 0.3) is 0 Å². The van der Waals surface area contributed by atoms with Gasteiger partial charge in [-0.3, -0.25) is 4.72 Å². The zero-order chi connectivity index (χ0) is 15.7. The lowest BCUT2D eigenvalue weighted by molar-refractivity contribution is -0.0429. The van der Waals surface area contributed by atoms with Gasteiger partial charge in [-0.05, 0) is 23.6 Å². The summed E-state index contributed by atoms with van der Waals surface area (Å²) in [4.78, 5) is 11.0. The van der Waals surface area contributed by atoms with E-state index < -0.39 is 32.8 Å². The molecule has 0 saturated heterocycles. The first-order valence-electron chi connectivity index (χ1n) is 5.42. The molecule has 20 heavy (non-hydrogen) atoms. The van der Waals surface area contributed by atoms with Crippen molar-refractivity contribution in [2.24, 2.45) is 0 Å². The normalized spacial score (nSPS) is 12.5. The molecule has 0 unspecified atom stereocenters. The highest BCUT2D eigenvalue weighted by Crippen LogP contribution is 2.28. The van der Waals surface area contributed by atoms with Gasteiger partial charge in [0.05, 0.1) is 11.3 Å². The lowest BCUT2D eigenvalue weighted by atomic mass is 10.00. The van der Waals surface area contributed by atoms with E-state index in [0.29, 0.717) is 5.56 Å². The summed E-state index contributed by atoms with van der Waals surface area (Å²) in [5, 5.41) is 8.96. The minimum absolute atomic E-state index is 0.0543. The first-order chi connectivity index (χ1) is 8.95. The summed E-state index contributed by atoms with van der Waals surface area (Å²) in [5.41, 5.74) is -6.11. The number of carboxylic acid groups (broad SMARTS) is 1. The average molecular weight is 311 g/mol. The van der Waals surface area contributed by atoms with Crippen LogP contribution < -0.4 is 4.72 Å². The van der Waals surface area contributed by atoms with Gasteiger partial charge in [0.15, 0.2) is 0 Å². The summed E-state index contributed by atoms with van der Waals surface area (Å²) in [6.07, 6.45) is 0. The van der Waals surface area contributed by atoms with Crippen LogP contribution >= 0.6 is 0 Å². The van der Waals surface area contributed by atoms with Gasteiger partial charge in [-0.2, -0.15) is 21.6 Å². The summed E-state index contributed by atoms with van der Waals surface area (Å²) < 4.78 is 60.0. The lowest BCUT2D eigenvalue weighted by Crippen LogP contribution is -2.30. The van der Waals surface area contributed by atoms with Gasteiger partial charge >= 0.3 is 21.5 Å². The predicted molar refractivity (Wildman–Crippen MR) is 66.1 cm³/mol. The van der Waals surface area contributed by atoms with Crippen LogP contribution in [0.2, 0.25) is 0 Å². The van der Waals surface area contributed by atoms with E-state index in [0.717, 1.165) is 12.1 Å². The van der Waals surface area contributed by atoms with Gasteiger partial charge in [0.2, 0.25) is 0 Å². The van der Waals surface area contributed by atoms with E-state index in [9.17, 15) is 26.4 Å². The molecule has 112 valence electrons. The topological polar surface area (TPSA) is 83.5 Å². The highest BCUT2D eigenvalue weighted by Gasteiger charge is 2.46. The van der Waals surface area contributed by atoms with E-state index in [-0.39, 0.29) is 5.92 Å². The molecule has 0 aromatic heterocycles. The van der Waals surface area contributed by atoms with Gasteiger partial charge in [-0.25, -0.2) is 4.79 Å². The van der Waals surface area contributed by atoms with Crippen molar-refractivity contribution < 1.29 is 31.5 Å². The number of benzene rings is 1. The van der Waals surface area contributed by atoms with Gasteiger partial charge < -0.3 is 5.11 Å². The predicted octanol–water partition coefficient (Wildman–Crippen LogP) is 2.77. The van der Waals surface area contributed by atoms with Crippen LogP contribution in [0.4, 0.5) is 18.9 Å². The quantitative estimate of drug-likeness (QED) is 0.895. The van der Waals surface area contributed by atoms with Crippen LogP contribution in [0.25, 0.3) is 0 Å². The van der Waals surface area contributed by atoms with Crippen LogP contribution in [0.3, 0.4) is 0 Å². The summed E-state index contributed by atoms with van der Waals surface area (Å²) >= 11 is 0. The maximum absolute atomic E-state index is 12.3. The number of rotatable bonds is 4. The Morgan fingerprint density at radius 1 is 1.30 bits per heavy atom. The van der Waals surface area contributed by atoms with Crippen LogP contribution in [0, 0.1) is 0 Å². The summed E-state index contributed by atoms with van der Waals surface area (Å²) in [5.74, 6) is -1.58. The molecule has 0 fully saturated rings. The fraction of sp³-hybridized carbons (Fsp3) is 0.364. The largest absolute Gasteiger partial charge is 0.516 e. The van der Waals surface area contributed by atoms with Gasteiger partial charge in [-0.1, -0.05) is 19.9 Å². The Morgan fingerprint density at radius 3 is 2.25 bits per heavy atom. The molecule has 0 bridgehead atoms. The molecule has 9 heteroatoms. The van der Waals surface area contributed by atoms with E-state index in [1.54, 1.807) is 13.8 Å². The number of anilines is 1. The molecule has 0 aliphatic rings. The van der Waals surface area contributed by atoms with Gasteiger partial charge in [-0.15, -0.1) is 0 Å². The lowest BCUT2D eigenvalue weighted by Gasteiger charge is -2.14. The van der Waals surface area contributed by atoms with E-state index in [2.05, 4.69) is 0 Å². The Hall–Kier alpha value is -1.77. The molecular formula is C11H12F3NO4S. The fourth-order valence-electron chi connectivity index (χ4n) is 1.39. The first kappa shape index (κ1) is 16.3. The molecule has 0 aliphatic heterocycles. The van der Waals surface area contributed by atoms with Crippen molar-refractivity contribution in [3.05, 3.63) is 29.3 Å². The Morgan fingerprint density at radius 2 is 1.85 bits per heavy atom. The molecule has 0 saturated carbocycles. The minimum atomic E-state index is -5.65. The monoisotopic (exact) mass is 311 g/mol. The number of alkyl halides is 3. The number of halogens is 3. The standard InChI is InChI=1S/C11H12F3NO4S/c1-6(2)7-3-4-9(8(5-7)10(16)17)15-20(18,19)11(12,13)14/h3-6,15H,1-2H3,(H,16,17). The molecule has 1 rings (SSSR count). The van der Waals surface area contributed by atoms with Crippen molar-refractivity contribution in [1.29, 1.82) is 0 Å². The maximum Gasteiger partial charge on any atom is 0.516 e. The van der Waals surface area contributed by atoms with Crippen LogP contribution in [-0.4, -0.2) is 25.0 Å². The summed E-state index contributed by atoms with van der Waals surface area (Å²) in [7, 11) is -5.65. The van der Waals surface area contributed by atoms with Crippen LogP contribution in [0.1, 0.15) is 35.7 Å². The zero-order valence-electron chi connectivity index (χ0n) is 10.5. The Balaban J connectivity index is 3.30. The molecule has 2 N–H and O–H groups in total. The third kappa shape index (κ3) is 3.41. The van der Waals surface area contributed by atoms with Crippen molar-refractivity contribution in [2.45, 2.75) is 25.3 Å². The number of sulfonamides is 1. The molecule has 1 aromatic rings. The highest BCUT2D eigenvalue weighted by atomic mass is 32.2. The molecule has 0 atom stereocenters. The number of hydrogen-bond donors (Lipinski definition) is 2. The number of nitrogens with one attached hydrogen (secondary N) is 1. The number of carboxylic acids is 1. The molecule has 1 aromatic carbocycles. The van der Waals surface area contributed by atoms with E-state index >= 15 is 0 Å². The van der Waals surface area contributed by atoms with Gasteiger partial charge in [0, 0.05) is 0 Å². The molecule has 5 nitrogen and oxygen atoms in total. The van der Waals surface area contributed by atoms with Crippen molar-refractivity contribution >= 4 is 21.7 Å². The van der Waals surface area contributed by atoms with Crippen LogP contribution in [-0.2, 0) is 10.0 Å². The van der Waals surface area contributed by atoms with Crippen molar-refractivity contribution in [1.82, 2.24) is 0 Å². The molecule has 0 aliphatic carbocycles. The number of aromatic carboxylic acids is 1. The second-order valence-electron chi connectivity index (χ2n) is 4.32. The average Bonchev–Trinajstić information content (AvgIpc) is 2.26. The van der Waals surface area contributed by atoms with Crippen LogP contribution in [0.5, 0.6) is 0 Å². The fourth-order valence-corrected chi connectivity index (χ4v) is 1.97. The number of carbonyl (C=O) groups is 1. The second-order valence-corrected chi connectivity index (χ2v) is 5.99. The molecule has 0 spiro atoms. The van der Waals surface area contributed by atoms with E-state index in [1.165, 1.54) is 10.8 Å². The smallest absolute Gasteiger partial charge is 0.478 e. The summed E-state index contributed by atoms with van der Waals surface area (Å²) in [6, 6.07) is 3.51. The third-order valence-corrected chi connectivity index (χ3v) is 3.59. The van der Waals surface area contributed by atoms with Crippen molar-refractivity contribution in [3.8, 4) is 0 Å². The van der Waals surface area contributed by atoms with Crippen molar-refractivity contribution in [3.63, 3.8) is 0 Å². The molecular weight excluding hydrogens is 299 g/mol. The Kier molecular flexibility index (Phi) is 4.33. The zero-order valence-corrected chi connectivity index (χ0v) is 11.3. The first-order valence-corrected chi connectivity index (χ1v) is 6.90. The Bertz CT molecular complexity index is 623. The maximum atomic E-state index is 12.3. The Labute approximate surface area is 113 Å². The highest BCUT2D eigenvalue weighted by molar-refractivity contribution is 7.93.